The molecule has 1 saturated carbocycles. The van der Waals surface area contributed by atoms with E-state index in [1.807, 2.05) is 6.92 Å². The van der Waals surface area contributed by atoms with Gasteiger partial charge in [0.1, 0.15) is 5.41 Å². The zero-order valence-corrected chi connectivity index (χ0v) is 15.3. The molecular formula is C18H30O5. The van der Waals surface area contributed by atoms with E-state index in [9.17, 15) is 9.59 Å². The molecule has 1 aliphatic heterocycles. The van der Waals surface area contributed by atoms with Crippen LogP contribution in [0.15, 0.2) is 0 Å². The van der Waals surface area contributed by atoms with Gasteiger partial charge in [-0.2, -0.15) is 0 Å². The fourth-order valence-electron chi connectivity index (χ4n) is 2.88. The topological polar surface area (TPSA) is 61.8 Å². The fourth-order valence-corrected chi connectivity index (χ4v) is 2.88. The van der Waals surface area contributed by atoms with Gasteiger partial charge in [-0.15, -0.1) is 0 Å². The summed E-state index contributed by atoms with van der Waals surface area (Å²) in [6.07, 6.45) is 3.43. The molecular weight excluding hydrogens is 296 g/mol. The predicted octanol–water partition coefficient (Wildman–Crippen LogP) is 3.45. The molecule has 2 rings (SSSR count). The third-order valence-corrected chi connectivity index (χ3v) is 5.35. The second-order valence-electron chi connectivity index (χ2n) is 8.94. The average Bonchev–Trinajstić information content (AvgIpc) is 2.46. The Labute approximate surface area is 139 Å². The van der Waals surface area contributed by atoms with Crippen LogP contribution in [0.25, 0.3) is 0 Å². The van der Waals surface area contributed by atoms with Gasteiger partial charge in [-0.05, 0) is 58.8 Å². The molecule has 1 aliphatic carbocycles. The molecule has 0 N–H and O–H groups in total. The Hall–Kier alpha value is -0.940. The van der Waals surface area contributed by atoms with Gasteiger partial charge in [0.25, 0.3) is 0 Å². The first-order chi connectivity index (χ1) is 10.4. The number of esters is 2. The molecule has 2 fully saturated rings. The Morgan fingerprint density at radius 1 is 0.739 bits per heavy atom. The van der Waals surface area contributed by atoms with Crippen LogP contribution >= 0.6 is 0 Å². The maximum Gasteiger partial charge on any atom is 0.324 e. The molecule has 132 valence electrons. The summed E-state index contributed by atoms with van der Waals surface area (Å²) in [5.74, 6) is -1.67. The van der Waals surface area contributed by atoms with E-state index in [1.54, 1.807) is 20.8 Å². The van der Waals surface area contributed by atoms with Crippen LogP contribution in [0.5, 0.6) is 0 Å². The van der Waals surface area contributed by atoms with Crippen LogP contribution in [-0.2, 0) is 23.8 Å². The number of hydrogen-bond donors (Lipinski definition) is 0. The van der Waals surface area contributed by atoms with Gasteiger partial charge in [0, 0.05) is 0 Å². The van der Waals surface area contributed by atoms with Crippen molar-refractivity contribution in [2.24, 2.45) is 16.2 Å². The lowest BCUT2D eigenvalue weighted by molar-refractivity contribution is -0.281. The van der Waals surface area contributed by atoms with Gasteiger partial charge in [-0.25, -0.2) is 0 Å². The summed E-state index contributed by atoms with van der Waals surface area (Å²) in [6, 6.07) is 0. The van der Waals surface area contributed by atoms with Gasteiger partial charge in [0.2, 0.25) is 0 Å². The summed E-state index contributed by atoms with van der Waals surface area (Å²) in [4.78, 5) is 25.0. The van der Waals surface area contributed by atoms with E-state index in [1.165, 1.54) is 0 Å². The first-order valence-corrected chi connectivity index (χ1v) is 8.42. The lowest BCUT2D eigenvalue weighted by atomic mass is 9.66. The molecule has 1 heterocycles. The van der Waals surface area contributed by atoms with Gasteiger partial charge in [-0.3, -0.25) is 9.59 Å². The largest absolute Gasteiger partial charge is 0.392 e. The van der Waals surface area contributed by atoms with Gasteiger partial charge in [0.05, 0.1) is 18.6 Å². The summed E-state index contributed by atoms with van der Waals surface area (Å²) in [6.45, 7) is 12.0. The van der Waals surface area contributed by atoms with Gasteiger partial charge >= 0.3 is 11.9 Å². The minimum absolute atomic E-state index is 0.190. The van der Waals surface area contributed by atoms with Crippen molar-refractivity contribution in [3.05, 3.63) is 0 Å². The van der Waals surface area contributed by atoms with Gasteiger partial charge in [-0.1, -0.05) is 13.8 Å². The SMILES string of the molecule is CC1(C)CCC(C)(C(=O)OC(=O)C2(C)COC(C)(C)OC2)CC1. The molecule has 2 aliphatic rings. The molecule has 0 atom stereocenters. The second-order valence-corrected chi connectivity index (χ2v) is 8.94. The molecule has 0 aromatic heterocycles. The van der Waals surface area contributed by atoms with Crippen molar-refractivity contribution in [1.29, 1.82) is 0 Å². The number of ether oxygens (including phenoxy) is 3. The quantitative estimate of drug-likeness (QED) is 0.574. The molecule has 5 heteroatoms. The third-order valence-electron chi connectivity index (χ3n) is 5.35. The molecule has 0 spiro atoms. The predicted molar refractivity (Wildman–Crippen MR) is 85.5 cm³/mol. The smallest absolute Gasteiger partial charge is 0.324 e. The molecule has 0 aromatic carbocycles. The van der Waals surface area contributed by atoms with E-state index in [2.05, 4.69) is 13.8 Å². The van der Waals surface area contributed by atoms with Crippen molar-refractivity contribution in [1.82, 2.24) is 0 Å². The standard InChI is InChI=1S/C18H30O5/c1-15(2)7-9-17(5,10-8-15)13(19)23-14(20)18(6)11-21-16(3,4)22-12-18/h7-12H2,1-6H3. The number of carbonyl (C=O) groups is 2. The van der Waals surface area contributed by atoms with Crippen molar-refractivity contribution in [2.75, 3.05) is 13.2 Å². The average molecular weight is 326 g/mol. The van der Waals surface area contributed by atoms with Crippen LogP contribution in [0.2, 0.25) is 0 Å². The minimum atomic E-state index is -0.935. The first-order valence-electron chi connectivity index (χ1n) is 8.42. The molecule has 0 unspecified atom stereocenters. The molecule has 1 saturated heterocycles. The highest BCUT2D eigenvalue weighted by Crippen LogP contribution is 2.45. The van der Waals surface area contributed by atoms with Crippen molar-refractivity contribution < 1.29 is 23.8 Å². The molecule has 0 amide bonds. The summed E-state index contributed by atoms with van der Waals surface area (Å²) in [7, 11) is 0. The Bertz CT molecular complexity index is 428. The monoisotopic (exact) mass is 326 g/mol. The number of carbonyl (C=O) groups excluding carboxylic acids is 2. The van der Waals surface area contributed by atoms with Crippen LogP contribution < -0.4 is 0 Å². The van der Waals surface area contributed by atoms with Gasteiger partial charge in [0.15, 0.2) is 5.79 Å². The molecule has 5 nitrogen and oxygen atoms in total. The van der Waals surface area contributed by atoms with Crippen molar-refractivity contribution in [2.45, 2.75) is 73.0 Å². The second kappa shape index (κ2) is 5.85. The molecule has 23 heavy (non-hydrogen) atoms. The number of rotatable bonds is 2. The summed E-state index contributed by atoms with van der Waals surface area (Å²) >= 11 is 0. The summed E-state index contributed by atoms with van der Waals surface area (Å²) < 4.78 is 16.3. The Morgan fingerprint density at radius 2 is 1.17 bits per heavy atom. The normalized spacial score (nSPS) is 27.9. The highest BCUT2D eigenvalue weighted by molar-refractivity contribution is 5.91. The van der Waals surface area contributed by atoms with Gasteiger partial charge < -0.3 is 14.2 Å². The zero-order chi connectivity index (χ0) is 17.5. The number of hydrogen-bond acceptors (Lipinski definition) is 5. The Morgan fingerprint density at radius 3 is 1.65 bits per heavy atom. The third kappa shape index (κ3) is 4.13. The molecule has 0 bridgehead atoms. The first kappa shape index (κ1) is 18.4. The van der Waals surface area contributed by atoms with Crippen molar-refractivity contribution in [3.63, 3.8) is 0 Å². The maximum absolute atomic E-state index is 12.5. The summed E-state index contributed by atoms with van der Waals surface area (Å²) in [5.41, 5.74) is -1.25. The zero-order valence-electron chi connectivity index (χ0n) is 15.3. The van der Waals surface area contributed by atoms with E-state index in [-0.39, 0.29) is 18.6 Å². The van der Waals surface area contributed by atoms with E-state index < -0.39 is 28.6 Å². The highest BCUT2D eigenvalue weighted by Gasteiger charge is 2.47. The maximum atomic E-state index is 12.5. The van der Waals surface area contributed by atoms with E-state index in [4.69, 9.17) is 14.2 Å². The van der Waals surface area contributed by atoms with Crippen LogP contribution in [0, 0.1) is 16.2 Å². The van der Waals surface area contributed by atoms with Crippen molar-refractivity contribution >= 4 is 11.9 Å². The van der Waals surface area contributed by atoms with Crippen molar-refractivity contribution in [3.8, 4) is 0 Å². The van der Waals surface area contributed by atoms with Crippen LogP contribution in [0.1, 0.15) is 67.2 Å². The van der Waals surface area contributed by atoms with E-state index in [0.717, 1.165) is 25.7 Å². The van der Waals surface area contributed by atoms with E-state index >= 15 is 0 Å². The lowest BCUT2D eigenvalue weighted by Crippen LogP contribution is -2.50. The van der Waals surface area contributed by atoms with E-state index in [0.29, 0.717) is 0 Å². The Balaban J connectivity index is 1.96. The Kier molecular flexibility index (Phi) is 4.68. The lowest BCUT2D eigenvalue weighted by Gasteiger charge is -2.41. The minimum Gasteiger partial charge on any atom is -0.392 e. The molecule has 0 aromatic rings. The summed E-state index contributed by atoms with van der Waals surface area (Å²) in [5, 5.41) is 0. The van der Waals surface area contributed by atoms with Crippen LogP contribution in [-0.4, -0.2) is 30.9 Å². The van der Waals surface area contributed by atoms with Crippen LogP contribution in [0.3, 0.4) is 0 Å². The molecule has 0 radical (unpaired) electrons. The van der Waals surface area contributed by atoms with Crippen LogP contribution in [0.4, 0.5) is 0 Å². The highest BCUT2D eigenvalue weighted by atomic mass is 16.7. The fraction of sp³-hybridized carbons (Fsp3) is 0.889.